The second kappa shape index (κ2) is 11.7. The molecule has 34 heavy (non-hydrogen) atoms. The van der Waals surface area contributed by atoms with E-state index in [-0.39, 0.29) is 10.6 Å². The summed E-state index contributed by atoms with van der Waals surface area (Å²) in [7, 11) is -3.96. The van der Waals surface area contributed by atoms with Gasteiger partial charge in [0.1, 0.15) is 17.3 Å². The second-order valence-electron chi connectivity index (χ2n) is 6.82. The van der Waals surface area contributed by atoms with E-state index in [9.17, 15) is 13.2 Å². The smallest absolute Gasteiger partial charge is 0.339 e. The summed E-state index contributed by atoms with van der Waals surface area (Å²) >= 11 is 0. The third kappa shape index (κ3) is 6.69. The molecule has 0 atom stereocenters. The largest absolute Gasteiger partial charge is 0.490 e. The zero-order valence-corrected chi connectivity index (χ0v) is 19.3. The lowest BCUT2D eigenvalue weighted by atomic mass is 10.2. The number of benzene rings is 3. The summed E-state index contributed by atoms with van der Waals surface area (Å²) in [5, 5.41) is 3.95. The van der Waals surface area contributed by atoms with Crippen LogP contribution in [0.5, 0.6) is 17.2 Å². The van der Waals surface area contributed by atoms with E-state index in [4.69, 9.17) is 13.7 Å². The number of ether oxygens (including phenoxy) is 2. The van der Waals surface area contributed by atoms with Crippen molar-refractivity contribution in [1.82, 2.24) is 5.43 Å². The van der Waals surface area contributed by atoms with E-state index in [1.165, 1.54) is 30.5 Å². The molecule has 3 aromatic carbocycles. The van der Waals surface area contributed by atoms with Gasteiger partial charge in [0, 0.05) is 5.56 Å². The van der Waals surface area contributed by atoms with Crippen molar-refractivity contribution in [2.45, 2.75) is 11.8 Å². The molecule has 3 aromatic rings. The SMILES string of the molecule is C=CCOc1ccc(C(=O)N/N=C/c2cccc(OS(=O)(=O)c3ccccc3)c2)cc1OCC. The second-order valence-corrected chi connectivity index (χ2v) is 8.36. The molecule has 1 amide bonds. The molecule has 0 aliphatic heterocycles. The number of hydrogen-bond donors (Lipinski definition) is 1. The van der Waals surface area contributed by atoms with Gasteiger partial charge in [-0.1, -0.05) is 43.0 Å². The molecule has 0 heterocycles. The number of nitrogens with one attached hydrogen (secondary N) is 1. The van der Waals surface area contributed by atoms with E-state index >= 15 is 0 Å². The van der Waals surface area contributed by atoms with Gasteiger partial charge in [0.05, 0.1) is 12.8 Å². The molecule has 0 aliphatic rings. The maximum absolute atomic E-state index is 12.5. The Bertz CT molecular complexity index is 1270. The molecule has 0 saturated heterocycles. The summed E-state index contributed by atoms with van der Waals surface area (Å²) in [5.41, 5.74) is 3.29. The predicted molar refractivity (Wildman–Crippen MR) is 129 cm³/mol. The first kappa shape index (κ1) is 24.5. The van der Waals surface area contributed by atoms with Gasteiger partial charge >= 0.3 is 10.1 Å². The molecule has 0 unspecified atom stereocenters. The number of carbonyl (C=O) groups is 1. The van der Waals surface area contributed by atoms with Crippen molar-refractivity contribution < 1.29 is 26.9 Å². The highest BCUT2D eigenvalue weighted by Crippen LogP contribution is 2.28. The number of amides is 1. The number of hydrogen-bond acceptors (Lipinski definition) is 7. The van der Waals surface area contributed by atoms with Crippen LogP contribution >= 0.6 is 0 Å². The molecule has 0 saturated carbocycles. The molecular weight excluding hydrogens is 456 g/mol. The molecule has 8 nitrogen and oxygen atoms in total. The van der Waals surface area contributed by atoms with Gasteiger partial charge in [-0.3, -0.25) is 4.79 Å². The van der Waals surface area contributed by atoms with E-state index in [0.717, 1.165) is 0 Å². The van der Waals surface area contributed by atoms with E-state index in [1.54, 1.807) is 54.6 Å². The lowest BCUT2D eigenvalue weighted by Crippen LogP contribution is -2.17. The van der Waals surface area contributed by atoms with Crippen LogP contribution in [0.15, 0.2) is 95.4 Å². The van der Waals surface area contributed by atoms with E-state index in [2.05, 4.69) is 17.1 Å². The quantitative estimate of drug-likeness (QED) is 0.191. The van der Waals surface area contributed by atoms with Crippen LogP contribution in [-0.4, -0.2) is 33.8 Å². The monoisotopic (exact) mass is 480 g/mol. The first-order valence-electron chi connectivity index (χ1n) is 10.4. The number of rotatable bonds is 11. The van der Waals surface area contributed by atoms with Crippen LogP contribution in [0.25, 0.3) is 0 Å². The van der Waals surface area contributed by atoms with Crippen molar-refractivity contribution in [2.75, 3.05) is 13.2 Å². The van der Waals surface area contributed by atoms with Crippen LogP contribution in [-0.2, 0) is 10.1 Å². The van der Waals surface area contributed by atoms with Crippen LogP contribution in [0.2, 0.25) is 0 Å². The van der Waals surface area contributed by atoms with Crippen molar-refractivity contribution in [3.63, 3.8) is 0 Å². The molecule has 0 bridgehead atoms. The number of nitrogens with zero attached hydrogens (tertiary/aromatic N) is 1. The molecule has 0 fully saturated rings. The minimum absolute atomic E-state index is 0.0497. The zero-order valence-electron chi connectivity index (χ0n) is 18.5. The number of carbonyl (C=O) groups excluding carboxylic acids is 1. The Morgan fingerprint density at radius 2 is 1.79 bits per heavy atom. The highest BCUT2D eigenvalue weighted by atomic mass is 32.2. The fourth-order valence-electron chi connectivity index (χ4n) is 2.82. The van der Waals surface area contributed by atoms with Crippen molar-refractivity contribution in [2.24, 2.45) is 5.10 Å². The van der Waals surface area contributed by atoms with Crippen molar-refractivity contribution in [1.29, 1.82) is 0 Å². The summed E-state index contributed by atoms with van der Waals surface area (Å²) in [4.78, 5) is 12.5. The van der Waals surface area contributed by atoms with Gasteiger partial charge in [0.25, 0.3) is 5.91 Å². The van der Waals surface area contributed by atoms with Crippen molar-refractivity contribution in [3.05, 3.63) is 96.6 Å². The van der Waals surface area contributed by atoms with Gasteiger partial charge in [0.15, 0.2) is 11.5 Å². The van der Waals surface area contributed by atoms with Crippen LogP contribution in [0.4, 0.5) is 0 Å². The Hall–Kier alpha value is -4.11. The van der Waals surface area contributed by atoms with Crippen molar-refractivity contribution >= 4 is 22.2 Å². The minimum Gasteiger partial charge on any atom is -0.490 e. The van der Waals surface area contributed by atoms with E-state index in [0.29, 0.717) is 35.8 Å². The van der Waals surface area contributed by atoms with Crippen LogP contribution < -0.4 is 19.1 Å². The first-order valence-corrected chi connectivity index (χ1v) is 11.8. The average Bonchev–Trinajstić information content (AvgIpc) is 2.84. The standard InChI is InChI=1S/C25H24N2O6S/c1-3-15-32-23-14-13-20(17-24(23)31-4-2)25(28)27-26-18-19-9-8-10-21(16-19)33-34(29,30)22-11-6-5-7-12-22/h3,5-14,16-18H,1,4,15H2,2H3,(H,27,28)/b26-18+. The average molecular weight is 481 g/mol. The lowest BCUT2D eigenvalue weighted by Gasteiger charge is -2.12. The summed E-state index contributed by atoms with van der Waals surface area (Å²) in [5.74, 6) is 0.608. The minimum atomic E-state index is -3.96. The third-order valence-electron chi connectivity index (χ3n) is 4.34. The normalized spacial score (nSPS) is 11.1. The lowest BCUT2D eigenvalue weighted by molar-refractivity contribution is 0.0954. The molecule has 0 spiro atoms. The molecular formula is C25H24N2O6S. The van der Waals surface area contributed by atoms with Crippen LogP contribution in [0.3, 0.4) is 0 Å². The molecule has 0 aromatic heterocycles. The number of hydrazone groups is 1. The van der Waals surface area contributed by atoms with E-state index < -0.39 is 16.0 Å². The highest BCUT2D eigenvalue weighted by Gasteiger charge is 2.16. The predicted octanol–water partition coefficient (Wildman–Crippen LogP) is 4.18. The fraction of sp³-hybridized carbons (Fsp3) is 0.120. The third-order valence-corrected chi connectivity index (χ3v) is 5.60. The van der Waals surface area contributed by atoms with Crippen molar-refractivity contribution in [3.8, 4) is 17.2 Å². The summed E-state index contributed by atoms with van der Waals surface area (Å²) in [6, 6.07) is 19.0. The molecule has 0 aliphatic carbocycles. The molecule has 1 N–H and O–H groups in total. The topological polar surface area (TPSA) is 103 Å². The van der Waals surface area contributed by atoms with Gasteiger partial charge in [-0.2, -0.15) is 13.5 Å². The Labute approximate surface area is 198 Å². The molecule has 3 rings (SSSR count). The van der Waals surface area contributed by atoms with Gasteiger partial charge in [-0.05, 0) is 55.0 Å². The highest BCUT2D eigenvalue weighted by molar-refractivity contribution is 7.87. The van der Waals surface area contributed by atoms with Crippen LogP contribution in [0, 0.1) is 0 Å². The Morgan fingerprint density at radius 1 is 1.00 bits per heavy atom. The maximum Gasteiger partial charge on any atom is 0.339 e. The molecule has 9 heteroatoms. The maximum atomic E-state index is 12.5. The van der Waals surface area contributed by atoms with Gasteiger partial charge < -0.3 is 13.7 Å². The van der Waals surface area contributed by atoms with Gasteiger partial charge in [-0.25, -0.2) is 5.43 Å². The first-order chi connectivity index (χ1) is 16.4. The van der Waals surface area contributed by atoms with E-state index in [1.807, 2.05) is 6.92 Å². The Kier molecular flexibility index (Phi) is 8.42. The Balaban J connectivity index is 1.67. The molecule has 0 radical (unpaired) electrons. The van der Waals surface area contributed by atoms with Crippen LogP contribution in [0.1, 0.15) is 22.8 Å². The summed E-state index contributed by atoms with van der Waals surface area (Å²) < 4.78 is 41.0. The Morgan fingerprint density at radius 3 is 2.53 bits per heavy atom. The zero-order chi connectivity index (χ0) is 24.4. The van der Waals surface area contributed by atoms with Gasteiger partial charge in [0.2, 0.25) is 0 Å². The molecule has 176 valence electrons. The fourth-order valence-corrected chi connectivity index (χ4v) is 3.77. The van der Waals surface area contributed by atoms with Gasteiger partial charge in [-0.15, -0.1) is 0 Å². The summed E-state index contributed by atoms with van der Waals surface area (Å²) in [6.45, 7) is 6.16. The summed E-state index contributed by atoms with van der Waals surface area (Å²) in [6.07, 6.45) is 2.99.